The van der Waals surface area contributed by atoms with Crippen LogP contribution in [0.1, 0.15) is 21.5 Å². The number of benzene rings is 1. The van der Waals surface area contributed by atoms with Gasteiger partial charge in [-0.1, -0.05) is 11.2 Å². The number of fused-ring (bicyclic) bond motifs is 1. The van der Waals surface area contributed by atoms with Crippen LogP contribution in [0.2, 0.25) is 0 Å². The molecule has 0 aliphatic carbocycles. The second-order valence-electron chi connectivity index (χ2n) is 3.95. The Kier molecular flexibility index (Phi) is 2.38. The predicted octanol–water partition coefficient (Wildman–Crippen LogP) is 1.53. The van der Waals surface area contributed by atoms with Gasteiger partial charge in [0.15, 0.2) is 0 Å². The van der Waals surface area contributed by atoms with Crippen molar-refractivity contribution in [2.45, 2.75) is 13.1 Å². The van der Waals surface area contributed by atoms with E-state index in [1.807, 2.05) is 18.2 Å². The van der Waals surface area contributed by atoms with Gasteiger partial charge < -0.3 is 15.2 Å². The van der Waals surface area contributed by atoms with Gasteiger partial charge in [-0.3, -0.25) is 4.79 Å². The Morgan fingerprint density at radius 1 is 1.35 bits per heavy atom. The topological polar surface area (TPSA) is 67.2 Å². The van der Waals surface area contributed by atoms with Gasteiger partial charge in [-0.2, -0.15) is 0 Å². The van der Waals surface area contributed by atoms with Gasteiger partial charge in [-0.15, -0.1) is 0 Å². The van der Waals surface area contributed by atoms with Crippen molar-refractivity contribution in [3.63, 3.8) is 0 Å². The SMILES string of the molecule is O=C(Nc1cnoc1)c1ccc2c(c1)CNC2. The summed E-state index contributed by atoms with van der Waals surface area (Å²) >= 11 is 0. The molecular formula is C12H11N3O2. The molecule has 5 nitrogen and oxygen atoms in total. The smallest absolute Gasteiger partial charge is 0.255 e. The van der Waals surface area contributed by atoms with E-state index in [1.165, 1.54) is 23.6 Å². The summed E-state index contributed by atoms with van der Waals surface area (Å²) in [5.74, 6) is -0.150. The van der Waals surface area contributed by atoms with Crippen LogP contribution < -0.4 is 10.6 Å². The van der Waals surface area contributed by atoms with Crippen molar-refractivity contribution in [3.8, 4) is 0 Å². The molecule has 0 spiro atoms. The molecule has 2 heterocycles. The Morgan fingerprint density at radius 2 is 2.24 bits per heavy atom. The molecule has 2 N–H and O–H groups in total. The number of nitrogens with zero attached hydrogens (tertiary/aromatic N) is 1. The number of amides is 1. The molecular weight excluding hydrogens is 218 g/mol. The zero-order valence-corrected chi connectivity index (χ0v) is 9.06. The minimum atomic E-state index is -0.150. The highest BCUT2D eigenvalue weighted by molar-refractivity contribution is 6.04. The molecule has 1 aliphatic heterocycles. The summed E-state index contributed by atoms with van der Waals surface area (Å²) in [4.78, 5) is 11.9. The summed E-state index contributed by atoms with van der Waals surface area (Å²) in [7, 11) is 0. The summed E-state index contributed by atoms with van der Waals surface area (Å²) in [6.45, 7) is 1.70. The lowest BCUT2D eigenvalue weighted by atomic mass is 10.1. The van der Waals surface area contributed by atoms with E-state index < -0.39 is 0 Å². The standard InChI is InChI=1S/C12H11N3O2/c16-12(15-11-6-14-17-7-11)8-1-2-9-4-13-5-10(9)3-8/h1-3,6-7,13H,4-5H2,(H,15,16). The molecule has 1 aromatic heterocycles. The lowest BCUT2D eigenvalue weighted by Gasteiger charge is -2.04. The van der Waals surface area contributed by atoms with Crippen molar-refractivity contribution in [2.24, 2.45) is 0 Å². The second kappa shape index (κ2) is 4.03. The van der Waals surface area contributed by atoms with Crippen molar-refractivity contribution < 1.29 is 9.32 Å². The number of hydrogen-bond acceptors (Lipinski definition) is 4. The van der Waals surface area contributed by atoms with E-state index >= 15 is 0 Å². The lowest BCUT2D eigenvalue weighted by Crippen LogP contribution is -2.11. The maximum atomic E-state index is 11.9. The van der Waals surface area contributed by atoms with Crippen molar-refractivity contribution in [3.05, 3.63) is 47.3 Å². The largest absolute Gasteiger partial charge is 0.363 e. The number of carbonyl (C=O) groups excluding carboxylic acids is 1. The first-order valence-electron chi connectivity index (χ1n) is 5.36. The van der Waals surface area contributed by atoms with Gasteiger partial charge in [-0.05, 0) is 23.3 Å². The first-order valence-corrected chi connectivity index (χ1v) is 5.36. The Hall–Kier alpha value is -2.14. The van der Waals surface area contributed by atoms with Crippen molar-refractivity contribution in [2.75, 3.05) is 5.32 Å². The summed E-state index contributed by atoms with van der Waals surface area (Å²) in [5, 5.41) is 9.48. The highest BCUT2D eigenvalue weighted by Gasteiger charge is 2.13. The quantitative estimate of drug-likeness (QED) is 0.819. The molecule has 0 saturated heterocycles. The summed E-state index contributed by atoms with van der Waals surface area (Å²) in [5.41, 5.74) is 3.65. The fraction of sp³-hybridized carbons (Fsp3) is 0.167. The zero-order valence-electron chi connectivity index (χ0n) is 9.06. The molecule has 1 aromatic carbocycles. The van der Waals surface area contributed by atoms with E-state index in [0.29, 0.717) is 11.3 Å². The fourth-order valence-corrected chi connectivity index (χ4v) is 1.91. The van der Waals surface area contributed by atoms with Crippen LogP contribution in [0.25, 0.3) is 0 Å². The van der Waals surface area contributed by atoms with Gasteiger partial charge in [0, 0.05) is 18.7 Å². The van der Waals surface area contributed by atoms with Crippen molar-refractivity contribution in [1.29, 1.82) is 0 Å². The number of anilines is 1. The summed E-state index contributed by atoms with van der Waals surface area (Å²) in [6, 6.07) is 5.73. The molecule has 17 heavy (non-hydrogen) atoms. The van der Waals surface area contributed by atoms with Gasteiger partial charge >= 0.3 is 0 Å². The second-order valence-corrected chi connectivity index (χ2v) is 3.95. The van der Waals surface area contributed by atoms with E-state index in [-0.39, 0.29) is 5.91 Å². The number of aromatic nitrogens is 1. The van der Waals surface area contributed by atoms with E-state index in [2.05, 4.69) is 20.3 Å². The molecule has 1 amide bonds. The Morgan fingerprint density at radius 3 is 3.06 bits per heavy atom. The maximum absolute atomic E-state index is 11.9. The van der Waals surface area contributed by atoms with Crippen LogP contribution in [0.5, 0.6) is 0 Å². The Labute approximate surface area is 97.8 Å². The van der Waals surface area contributed by atoms with Gasteiger partial charge in [-0.25, -0.2) is 0 Å². The van der Waals surface area contributed by atoms with Gasteiger partial charge in [0.2, 0.25) is 0 Å². The minimum Gasteiger partial charge on any atom is -0.363 e. The highest BCUT2D eigenvalue weighted by Crippen LogP contribution is 2.18. The van der Waals surface area contributed by atoms with Gasteiger partial charge in [0.25, 0.3) is 5.91 Å². The lowest BCUT2D eigenvalue weighted by molar-refractivity contribution is 0.102. The van der Waals surface area contributed by atoms with Crippen LogP contribution in [0.15, 0.2) is 35.2 Å². The van der Waals surface area contributed by atoms with Crippen LogP contribution in [0.4, 0.5) is 5.69 Å². The molecule has 0 atom stereocenters. The third-order valence-corrected chi connectivity index (χ3v) is 2.79. The van der Waals surface area contributed by atoms with Gasteiger partial charge in [0.1, 0.15) is 12.0 Å². The molecule has 5 heteroatoms. The van der Waals surface area contributed by atoms with Crippen molar-refractivity contribution in [1.82, 2.24) is 10.5 Å². The number of nitrogens with one attached hydrogen (secondary N) is 2. The first kappa shape index (κ1) is 10.0. The van der Waals surface area contributed by atoms with Crippen molar-refractivity contribution >= 4 is 11.6 Å². The third-order valence-electron chi connectivity index (χ3n) is 2.79. The molecule has 2 aromatic rings. The average Bonchev–Trinajstić information content (AvgIpc) is 2.97. The Bertz CT molecular complexity index is 549. The van der Waals surface area contributed by atoms with Crippen LogP contribution in [0.3, 0.4) is 0 Å². The van der Waals surface area contributed by atoms with Gasteiger partial charge in [0.05, 0.1) is 6.20 Å². The van der Waals surface area contributed by atoms with Crippen LogP contribution in [0, 0.1) is 0 Å². The van der Waals surface area contributed by atoms with Crippen LogP contribution >= 0.6 is 0 Å². The average molecular weight is 229 g/mol. The number of carbonyl (C=O) groups is 1. The van der Waals surface area contributed by atoms with E-state index in [4.69, 9.17) is 0 Å². The number of hydrogen-bond donors (Lipinski definition) is 2. The highest BCUT2D eigenvalue weighted by atomic mass is 16.5. The Balaban J connectivity index is 1.82. The number of rotatable bonds is 2. The van der Waals surface area contributed by atoms with Crippen LogP contribution in [-0.2, 0) is 13.1 Å². The van der Waals surface area contributed by atoms with E-state index in [0.717, 1.165) is 13.1 Å². The summed E-state index contributed by atoms with van der Waals surface area (Å²) in [6.07, 6.45) is 2.86. The summed E-state index contributed by atoms with van der Waals surface area (Å²) < 4.78 is 4.65. The predicted molar refractivity (Wildman–Crippen MR) is 61.4 cm³/mol. The molecule has 3 rings (SSSR count). The molecule has 86 valence electrons. The maximum Gasteiger partial charge on any atom is 0.255 e. The molecule has 0 bridgehead atoms. The molecule has 1 aliphatic rings. The molecule has 0 fully saturated rings. The molecule has 0 radical (unpaired) electrons. The molecule has 0 unspecified atom stereocenters. The monoisotopic (exact) mass is 229 g/mol. The third kappa shape index (κ3) is 1.92. The van der Waals surface area contributed by atoms with E-state index in [9.17, 15) is 4.79 Å². The zero-order chi connectivity index (χ0) is 11.7. The fourth-order valence-electron chi connectivity index (χ4n) is 1.91. The molecule has 0 saturated carbocycles. The van der Waals surface area contributed by atoms with Crippen LogP contribution in [-0.4, -0.2) is 11.1 Å². The van der Waals surface area contributed by atoms with E-state index in [1.54, 1.807) is 0 Å². The normalized spacial score (nSPS) is 13.4. The first-order chi connectivity index (χ1) is 8.33. The minimum absolute atomic E-state index is 0.150.